The average molecular weight is 317 g/mol. The average Bonchev–Trinajstić information content (AvgIpc) is 3.05. The second-order valence-electron chi connectivity index (χ2n) is 6.10. The maximum atomic E-state index is 11.4. The number of likely N-dealkylation sites (tertiary alicyclic amines) is 1. The molecule has 1 amide bonds. The molecule has 2 aromatic rings. The second kappa shape index (κ2) is 6.91. The van der Waals surface area contributed by atoms with E-state index in [2.05, 4.69) is 42.3 Å². The molecule has 23 heavy (non-hydrogen) atoms. The van der Waals surface area contributed by atoms with E-state index < -0.39 is 0 Å². The Bertz CT molecular complexity index is 663. The standard InChI is InChI=1S/C15H23N7O/c1-16-13(23)9-22-5-3-11(4-6-22)8-21(2)15-12-7-19-20-14(12)17-10-18-15/h7,10-11H,3-6,8-9H2,1-2H3,(H,16,23)(H,17,18,19,20). The van der Waals surface area contributed by atoms with Crippen LogP contribution >= 0.6 is 0 Å². The summed E-state index contributed by atoms with van der Waals surface area (Å²) in [6.45, 7) is 3.39. The number of amides is 1. The van der Waals surface area contributed by atoms with E-state index in [1.54, 1.807) is 19.6 Å². The number of rotatable bonds is 5. The molecule has 8 heteroatoms. The number of aromatic nitrogens is 4. The Hall–Kier alpha value is -2.22. The van der Waals surface area contributed by atoms with Gasteiger partial charge in [-0.25, -0.2) is 9.97 Å². The molecule has 1 fully saturated rings. The van der Waals surface area contributed by atoms with Crippen LogP contribution in [0.5, 0.6) is 0 Å². The lowest BCUT2D eigenvalue weighted by Gasteiger charge is -2.33. The zero-order valence-corrected chi connectivity index (χ0v) is 13.6. The Labute approximate surface area is 135 Å². The molecule has 0 bridgehead atoms. The van der Waals surface area contributed by atoms with E-state index in [9.17, 15) is 4.79 Å². The number of fused-ring (bicyclic) bond motifs is 1. The summed E-state index contributed by atoms with van der Waals surface area (Å²) >= 11 is 0. The molecule has 1 saturated heterocycles. The van der Waals surface area contributed by atoms with Crippen molar-refractivity contribution in [2.45, 2.75) is 12.8 Å². The van der Waals surface area contributed by atoms with Crippen molar-refractivity contribution in [1.82, 2.24) is 30.4 Å². The van der Waals surface area contributed by atoms with Crippen LogP contribution in [-0.2, 0) is 4.79 Å². The number of H-pyrrole nitrogens is 1. The van der Waals surface area contributed by atoms with Gasteiger partial charge < -0.3 is 10.2 Å². The van der Waals surface area contributed by atoms with Crippen molar-refractivity contribution in [2.24, 2.45) is 5.92 Å². The van der Waals surface area contributed by atoms with Gasteiger partial charge in [0.2, 0.25) is 5.91 Å². The summed E-state index contributed by atoms with van der Waals surface area (Å²) in [5, 5.41) is 10.5. The monoisotopic (exact) mass is 317 g/mol. The van der Waals surface area contributed by atoms with Crippen LogP contribution in [0.3, 0.4) is 0 Å². The number of nitrogens with zero attached hydrogens (tertiary/aromatic N) is 5. The number of aromatic amines is 1. The van der Waals surface area contributed by atoms with Crippen molar-refractivity contribution in [1.29, 1.82) is 0 Å². The molecule has 2 N–H and O–H groups in total. The van der Waals surface area contributed by atoms with Gasteiger partial charge in [0.05, 0.1) is 18.1 Å². The smallest absolute Gasteiger partial charge is 0.233 e. The molecule has 0 aromatic carbocycles. The molecule has 0 aliphatic carbocycles. The van der Waals surface area contributed by atoms with E-state index in [0.29, 0.717) is 12.5 Å². The summed E-state index contributed by atoms with van der Waals surface area (Å²) in [5.41, 5.74) is 0.766. The third-order valence-electron chi connectivity index (χ3n) is 4.47. The fourth-order valence-electron chi connectivity index (χ4n) is 3.14. The predicted molar refractivity (Wildman–Crippen MR) is 88.2 cm³/mol. The van der Waals surface area contributed by atoms with Gasteiger partial charge in [0.15, 0.2) is 5.65 Å². The summed E-state index contributed by atoms with van der Waals surface area (Å²) in [6.07, 6.45) is 5.54. The first-order valence-electron chi connectivity index (χ1n) is 7.95. The van der Waals surface area contributed by atoms with Crippen molar-refractivity contribution >= 4 is 22.8 Å². The number of anilines is 1. The number of carbonyl (C=O) groups excluding carboxylic acids is 1. The van der Waals surface area contributed by atoms with E-state index in [1.807, 2.05) is 0 Å². The summed E-state index contributed by atoms with van der Waals surface area (Å²) in [4.78, 5) is 24.4. The number of carbonyl (C=O) groups is 1. The molecule has 0 radical (unpaired) electrons. The lowest BCUT2D eigenvalue weighted by atomic mass is 9.96. The number of nitrogens with one attached hydrogen (secondary N) is 2. The first-order valence-corrected chi connectivity index (χ1v) is 7.95. The van der Waals surface area contributed by atoms with Gasteiger partial charge in [-0.1, -0.05) is 0 Å². The topological polar surface area (TPSA) is 90.0 Å². The van der Waals surface area contributed by atoms with Crippen LogP contribution in [-0.4, -0.2) is 71.2 Å². The molecular weight excluding hydrogens is 294 g/mol. The minimum absolute atomic E-state index is 0.0869. The normalized spacial score (nSPS) is 16.6. The highest BCUT2D eigenvalue weighted by Gasteiger charge is 2.22. The van der Waals surface area contributed by atoms with Crippen molar-refractivity contribution in [3.8, 4) is 0 Å². The van der Waals surface area contributed by atoms with Gasteiger partial charge in [-0.05, 0) is 31.8 Å². The van der Waals surface area contributed by atoms with Gasteiger partial charge in [-0.15, -0.1) is 0 Å². The Balaban J connectivity index is 1.56. The Morgan fingerprint density at radius 3 is 2.96 bits per heavy atom. The highest BCUT2D eigenvalue weighted by Crippen LogP contribution is 2.23. The molecule has 124 valence electrons. The quantitative estimate of drug-likeness (QED) is 0.821. The largest absolute Gasteiger partial charge is 0.359 e. The minimum Gasteiger partial charge on any atom is -0.359 e. The Morgan fingerprint density at radius 2 is 2.22 bits per heavy atom. The highest BCUT2D eigenvalue weighted by atomic mass is 16.1. The maximum absolute atomic E-state index is 11.4. The van der Waals surface area contributed by atoms with E-state index in [1.165, 1.54) is 0 Å². The van der Waals surface area contributed by atoms with E-state index in [-0.39, 0.29) is 5.91 Å². The third-order valence-corrected chi connectivity index (χ3v) is 4.47. The molecule has 0 spiro atoms. The third kappa shape index (κ3) is 3.58. The number of likely N-dealkylation sites (N-methyl/N-ethyl adjacent to an activating group) is 1. The molecule has 2 aromatic heterocycles. The Morgan fingerprint density at radius 1 is 1.43 bits per heavy atom. The predicted octanol–water partition coefficient (Wildman–Crippen LogP) is 0.247. The lowest BCUT2D eigenvalue weighted by molar-refractivity contribution is -0.122. The van der Waals surface area contributed by atoms with Crippen LogP contribution in [0.15, 0.2) is 12.5 Å². The fraction of sp³-hybridized carbons (Fsp3) is 0.600. The number of piperidine rings is 1. The first-order chi connectivity index (χ1) is 11.2. The summed E-state index contributed by atoms with van der Waals surface area (Å²) in [5.74, 6) is 1.61. The molecule has 3 heterocycles. The zero-order chi connectivity index (χ0) is 16.2. The van der Waals surface area contributed by atoms with Crippen LogP contribution in [0, 0.1) is 5.92 Å². The van der Waals surface area contributed by atoms with Crippen LogP contribution in [0.2, 0.25) is 0 Å². The van der Waals surface area contributed by atoms with Gasteiger partial charge >= 0.3 is 0 Å². The molecule has 8 nitrogen and oxygen atoms in total. The fourth-order valence-corrected chi connectivity index (χ4v) is 3.14. The first kappa shape index (κ1) is 15.7. The second-order valence-corrected chi connectivity index (χ2v) is 6.10. The van der Waals surface area contributed by atoms with Crippen LogP contribution in [0.25, 0.3) is 11.0 Å². The SMILES string of the molecule is CNC(=O)CN1CCC(CN(C)c2ncnc3[nH]ncc23)CC1. The molecule has 1 aliphatic rings. The molecule has 0 unspecified atom stereocenters. The molecule has 0 saturated carbocycles. The molecule has 1 aliphatic heterocycles. The van der Waals surface area contributed by atoms with Gasteiger partial charge in [-0.2, -0.15) is 5.10 Å². The number of hydrogen-bond donors (Lipinski definition) is 2. The summed E-state index contributed by atoms with van der Waals surface area (Å²) in [7, 11) is 3.74. The molecule has 0 atom stereocenters. The molecule has 3 rings (SSSR count). The zero-order valence-electron chi connectivity index (χ0n) is 13.6. The van der Waals surface area contributed by atoms with Crippen LogP contribution < -0.4 is 10.2 Å². The van der Waals surface area contributed by atoms with Crippen molar-refractivity contribution in [2.75, 3.05) is 45.2 Å². The Kier molecular flexibility index (Phi) is 4.71. The highest BCUT2D eigenvalue weighted by molar-refractivity contribution is 5.85. The van der Waals surface area contributed by atoms with Crippen molar-refractivity contribution < 1.29 is 4.79 Å². The van der Waals surface area contributed by atoms with E-state index in [0.717, 1.165) is 49.3 Å². The number of hydrogen-bond acceptors (Lipinski definition) is 6. The van der Waals surface area contributed by atoms with Crippen molar-refractivity contribution in [3.05, 3.63) is 12.5 Å². The minimum atomic E-state index is 0.0869. The van der Waals surface area contributed by atoms with Gasteiger partial charge in [0.1, 0.15) is 12.1 Å². The van der Waals surface area contributed by atoms with Crippen LogP contribution in [0.4, 0.5) is 5.82 Å². The van der Waals surface area contributed by atoms with Gasteiger partial charge in [0.25, 0.3) is 0 Å². The van der Waals surface area contributed by atoms with Gasteiger partial charge in [0, 0.05) is 20.6 Å². The van der Waals surface area contributed by atoms with Gasteiger partial charge in [-0.3, -0.25) is 14.8 Å². The van der Waals surface area contributed by atoms with Crippen molar-refractivity contribution in [3.63, 3.8) is 0 Å². The van der Waals surface area contributed by atoms with Crippen LogP contribution in [0.1, 0.15) is 12.8 Å². The summed E-state index contributed by atoms with van der Waals surface area (Å²) in [6, 6.07) is 0. The lowest BCUT2D eigenvalue weighted by Crippen LogP contribution is -2.42. The van der Waals surface area contributed by atoms with E-state index in [4.69, 9.17) is 0 Å². The van der Waals surface area contributed by atoms with E-state index >= 15 is 0 Å². The summed E-state index contributed by atoms with van der Waals surface area (Å²) < 4.78 is 0. The maximum Gasteiger partial charge on any atom is 0.233 e. The molecular formula is C15H23N7O.